The lowest BCUT2D eigenvalue weighted by molar-refractivity contribution is 0.191. The highest BCUT2D eigenvalue weighted by Gasteiger charge is 2.20. The van der Waals surface area contributed by atoms with Gasteiger partial charge in [-0.25, -0.2) is 0 Å². The van der Waals surface area contributed by atoms with Gasteiger partial charge < -0.3 is 9.52 Å². The van der Waals surface area contributed by atoms with Gasteiger partial charge in [0.05, 0.1) is 16.8 Å². The molecule has 0 aliphatic heterocycles. The highest BCUT2D eigenvalue weighted by atomic mass is 32.1. The maximum atomic E-state index is 10.0. The van der Waals surface area contributed by atoms with Gasteiger partial charge in [-0.3, -0.25) is 0 Å². The number of hydrogen-bond donors (Lipinski definition) is 1. The summed E-state index contributed by atoms with van der Waals surface area (Å²) < 4.78 is 9.02. The Bertz CT molecular complexity index is 411. The van der Waals surface area contributed by atoms with Crippen LogP contribution in [0.2, 0.25) is 0 Å². The van der Waals surface area contributed by atoms with Crippen LogP contribution in [0.25, 0.3) is 0 Å². The van der Waals surface area contributed by atoms with E-state index in [1.54, 1.807) is 18.4 Å². The summed E-state index contributed by atoms with van der Waals surface area (Å²) >= 11 is 1.22. The van der Waals surface area contributed by atoms with Gasteiger partial charge in [0.25, 0.3) is 0 Å². The molecule has 15 heavy (non-hydrogen) atoms. The fraction of sp³-hybridized carbons (Fsp3) is 0.400. The molecule has 2 aromatic heterocycles. The summed E-state index contributed by atoms with van der Waals surface area (Å²) in [6, 6.07) is 3.51. The molecule has 2 rings (SSSR count). The first-order valence-corrected chi connectivity index (χ1v) is 5.63. The second-order valence-electron chi connectivity index (χ2n) is 3.25. The van der Waals surface area contributed by atoms with Crippen molar-refractivity contribution < 1.29 is 9.52 Å². The molecule has 80 valence electrons. The number of aromatic nitrogens is 2. The molecule has 0 aromatic carbocycles. The molecule has 1 unspecified atom stereocenters. The third kappa shape index (κ3) is 2.08. The van der Waals surface area contributed by atoms with E-state index in [0.717, 1.165) is 23.4 Å². The number of rotatable bonds is 4. The zero-order valence-corrected chi connectivity index (χ0v) is 9.20. The van der Waals surface area contributed by atoms with Crippen molar-refractivity contribution in [2.24, 2.45) is 0 Å². The fourth-order valence-electron chi connectivity index (χ4n) is 1.41. The molecule has 4 nitrogen and oxygen atoms in total. The van der Waals surface area contributed by atoms with Gasteiger partial charge >= 0.3 is 0 Å². The summed E-state index contributed by atoms with van der Waals surface area (Å²) in [5.74, 6) is 0.540. The van der Waals surface area contributed by atoms with E-state index in [1.807, 2.05) is 0 Å². The number of aliphatic hydroxyl groups is 1. The second kappa shape index (κ2) is 4.55. The van der Waals surface area contributed by atoms with E-state index < -0.39 is 6.10 Å². The Morgan fingerprint density at radius 2 is 2.47 bits per heavy atom. The smallest absolute Gasteiger partial charge is 0.149 e. The Labute approximate surface area is 91.7 Å². The molecular weight excluding hydrogens is 212 g/mol. The Hall–Kier alpha value is -1.20. The quantitative estimate of drug-likeness (QED) is 0.864. The molecule has 0 amide bonds. The van der Waals surface area contributed by atoms with Crippen LogP contribution in [0.3, 0.4) is 0 Å². The average molecular weight is 224 g/mol. The van der Waals surface area contributed by atoms with Crippen LogP contribution >= 0.6 is 11.5 Å². The first-order valence-electron chi connectivity index (χ1n) is 4.85. The summed E-state index contributed by atoms with van der Waals surface area (Å²) in [6.07, 6.45) is 2.64. The molecule has 0 saturated heterocycles. The molecule has 1 N–H and O–H groups in total. The van der Waals surface area contributed by atoms with Gasteiger partial charge in [0, 0.05) is 0 Å². The molecule has 0 aliphatic carbocycles. The highest BCUT2D eigenvalue weighted by molar-refractivity contribution is 7.05. The monoisotopic (exact) mass is 224 g/mol. The summed E-state index contributed by atoms with van der Waals surface area (Å²) in [5, 5.41) is 14.0. The molecule has 0 saturated carbocycles. The van der Waals surface area contributed by atoms with Crippen LogP contribution < -0.4 is 0 Å². The Balaban J connectivity index is 2.25. The maximum absolute atomic E-state index is 10.0. The predicted octanol–water partition coefficient (Wildman–Crippen LogP) is 2.17. The number of nitrogens with zero attached hydrogens (tertiary/aromatic N) is 2. The molecule has 1 atom stereocenters. The topological polar surface area (TPSA) is 59.2 Å². The second-order valence-corrected chi connectivity index (χ2v) is 4.04. The third-order valence-electron chi connectivity index (χ3n) is 2.13. The number of furan rings is 1. The molecule has 0 fully saturated rings. The van der Waals surface area contributed by atoms with Crippen LogP contribution in [-0.4, -0.2) is 14.7 Å². The van der Waals surface area contributed by atoms with Crippen LogP contribution in [0.4, 0.5) is 0 Å². The Morgan fingerprint density at radius 1 is 1.60 bits per heavy atom. The zero-order chi connectivity index (χ0) is 10.7. The van der Waals surface area contributed by atoms with Gasteiger partial charge in [-0.1, -0.05) is 17.8 Å². The minimum Gasteiger partial charge on any atom is -0.466 e. The first kappa shape index (κ1) is 10.3. The molecule has 2 heterocycles. The van der Waals surface area contributed by atoms with Crippen LogP contribution in [0.15, 0.2) is 22.8 Å². The molecule has 0 spiro atoms. The standard InChI is InChI=1S/C10H12N2O2S/c1-2-4-7-10(15-12-11-7)9(13)8-5-3-6-14-8/h3,5-6,9,13H,2,4H2,1H3. The van der Waals surface area contributed by atoms with E-state index in [1.165, 1.54) is 11.5 Å². The highest BCUT2D eigenvalue weighted by Crippen LogP contribution is 2.27. The van der Waals surface area contributed by atoms with Crippen molar-refractivity contribution in [2.45, 2.75) is 25.9 Å². The summed E-state index contributed by atoms with van der Waals surface area (Å²) in [6.45, 7) is 2.07. The molecular formula is C10H12N2O2S. The van der Waals surface area contributed by atoms with Crippen molar-refractivity contribution in [2.75, 3.05) is 0 Å². The SMILES string of the molecule is CCCc1nnsc1C(O)c1ccco1. The van der Waals surface area contributed by atoms with Crippen LogP contribution in [0.1, 0.15) is 35.8 Å². The lowest BCUT2D eigenvalue weighted by Gasteiger charge is -2.05. The maximum Gasteiger partial charge on any atom is 0.149 e. The Kier molecular flexibility index (Phi) is 3.13. The molecule has 5 heteroatoms. The van der Waals surface area contributed by atoms with Gasteiger partial charge in [-0.05, 0) is 30.1 Å². The number of hydrogen-bond acceptors (Lipinski definition) is 5. The lowest BCUT2D eigenvalue weighted by atomic mass is 10.1. The summed E-state index contributed by atoms with van der Waals surface area (Å²) in [7, 11) is 0. The van der Waals surface area contributed by atoms with Crippen molar-refractivity contribution in [3.05, 3.63) is 34.7 Å². The molecule has 0 radical (unpaired) electrons. The van der Waals surface area contributed by atoms with E-state index in [-0.39, 0.29) is 0 Å². The van der Waals surface area contributed by atoms with Crippen LogP contribution in [0.5, 0.6) is 0 Å². The molecule has 0 aliphatic rings. The van der Waals surface area contributed by atoms with Gasteiger partial charge in [-0.15, -0.1) is 5.10 Å². The van der Waals surface area contributed by atoms with E-state index in [0.29, 0.717) is 5.76 Å². The van der Waals surface area contributed by atoms with E-state index in [9.17, 15) is 5.11 Å². The fourth-order valence-corrected chi connectivity index (χ4v) is 2.10. The normalized spacial score (nSPS) is 12.9. The summed E-state index contributed by atoms with van der Waals surface area (Å²) in [5.41, 5.74) is 0.867. The minimum absolute atomic E-state index is 0.540. The van der Waals surface area contributed by atoms with E-state index in [4.69, 9.17) is 4.42 Å². The van der Waals surface area contributed by atoms with Gasteiger partial charge in [-0.2, -0.15) is 0 Å². The Morgan fingerprint density at radius 3 is 3.13 bits per heavy atom. The minimum atomic E-state index is -0.735. The molecule has 0 bridgehead atoms. The zero-order valence-electron chi connectivity index (χ0n) is 8.38. The number of aliphatic hydroxyl groups excluding tert-OH is 1. The van der Waals surface area contributed by atoms with Crippen LogP contribution in [-0.2, 0) is 6.42 Å². The average Bonchev–Trinajstić information content (AvgIpc) is 2.87. The third-order valence-corrected chi connectivity index (χ3v) is 2.95. The predicted molar refractivity (Wildman–Crippen MR) is 56.7 cm³/mol. The van der Waals surface area contributed by atoms with Crippen molar-refractivity contribution in [3.8, 4) is 0 Å². The number of aryl methyl sites for hydroxylation is 1. The van der Waals surface area contributed by atoms with Crippen LogP contribution in [0, 0.1) is 0 Å². The van der Waals surface area contributed by atoms with Crippen molar-refractivity contribution >= 4 is 11.5 Å². The van der Waals surface area contributed by atoms with E-state index in [2.05, 4.69) is 16.5 Å². The van der Waals surface area contributed by atoms with Gasteiger partial charge in [0.15, 0.2) is 0 Å². The van der Waals surface area contributed by atoms with Gasteiger partial charge in [0.1, 0.15) is 11.9 Å². The van der Waals surface area contributed by atoms with E-state index >= 15 is 0 Å². The first-order chi connectivity index (χ1) is 7.33. The van der Waals surface area contributed by atoms with Crippen molar-refractivity contribution in [1.82, 2.24) is 9.59 Å². The van der Waals surface area contributed by atoms with Crippen molar-refractivity contribution in [3.63, 3.8) is 0 Å². The molecule has 2 aromatic rings. The summed E-state index contributed by atoms with van der Waals surface area (Å²) in [4.78, 5) is 0.784. The largest absolute Gasteiger partial charge is 0.466 e. The van der Waals surface area contributed by atoms with Crippen molar-refractivity contribution in [1.29, 1.82) is 0 Å². The van der Waals surface area contributed by atoms with Gasteiger partial charge in [0.2, 0.25) is 0 Å². The lowest BCUT2D eigenvalue weighted by Crippen LogP contribution is -1.99.